The van der Waals surface area contributed by atoms with Crippen LogP contribution in [0, 0.1) is 0 Å². The van der Waals surface area contributed by atoms with E-state index in [9.17, 15) is 4.79 Å². The van der Waals surface area contributed by atoms with Gasteiger partial charge in [0.2, 0.25) is 0 Å². The standard InChI is InChI=1S/C2H5O5P/c3-1-2(4)7-8(5)6/h3,5-6H,1H2. The van der Waals surface area contributed by atoms with Gasteiger partial charge in [-0.25, -0.2) is 4.79 Å². The maximum Gasteiger partial charge on any atom is 0.393 e. The van der Waals surface area contributed by atoms with Gasteiger partial charge in [0.05, 0.1) is 0 Å². The van der Waals surface area contributed by atoms with Gasteiger partial charge in [-0.1, -0.05) is 0 Å². The van der Waals surface area contributed by atoms with E-state index in [2.05, 4.69) is 4.52 Å². The van der Waals surface area contributed by atoms with Gasteiger partial charge in [-0.15, -0.1) is 0 Å². The summed E-state index contributed by atoms with van der Waals surface area (Å²) in [4.78, 5) is 25.7. The summed E-state index contributed by atoms with van der Waals surface area (Å²) in [5, 5.41) is 7.90. The van der Waals surface area contributed by atoms with Gasteiger partial charge in [0.25, 0.3) is 0 Å². The summed E-state index contributed by atoms with van der Waals surface area (Å²) < 4.78 is 3.69. The van der Waals surface area contributed by atoms with E-state index in [-0.39, 0.29) is 0 Å². The first kappa shape index (κ1) is 7.78. The summed E-state index contributed by atoms with van der Waals surface area (Å²) in [6.07, 6.45) is 0. The van der Waals surface area contributed by atoms with E-state index in [1.54, 1.807) is 0 Å². The molecule has 3 N–H and O–H groups in total. The Morgan fingerprint density at radius 3 is 2.25 bits per heavy atom. The van der Waals surface area contributed by atoms with Crippen molar-refractivity contribution in [2.45, 2.75) is 0 Å². The molecule has 0 aliphatic carbocycles. The van der Waals surface area contributed by atoms with Gasteiger partial charge in [-0.05, 0) is 0 Å². The van der Waals surface area contributed by atoms with Crippen LogP contribution in [0.3, 0.4) is 0 Å². The van der Waals surface area contributed by atoms with Crippen LogP contribution in [0.1, 0.15) is 0 Å². The minimum atomic E-state index is -2.66. The van der Waals surface area contributed by atoms with Crippen molar-refractivity contribution in [3.8, 4) is 0 Å². The molecule has 5 nitrogen and oxygen atoms in total. The molecule has 0 aromatic rings. The Labute approximate surface area is 46.5 Å². The van der Waals surface area contributed by atoms with Crippen molar-refractivity contribution in [2.24, 2.45) is 0 Å². The third-order valence-corrected chi connectivity index (χ3v) is 0.680. The zero-order chi connectivity index (χ0) is 6.57. The smallest absolute Gasteiger partial charge is 0.393 e. The predicted octanol–water partition coefficient (Wildman–Crippen LogP) is -1.27. The van der Waals surface area contributed by atoms with Crippen molar-refractivity contribution >= 4 is 14.6 Å². The molecule has 0 radical (unpaired) electrons. The Balaban J connectivity index is 3.25. The van der Waals surface area contributed by atoms with Crippen LogP contribution in [0.25, 0.3) is 0 Å². The van der Waals surface area contributed by atoms with E-state index in [1.165, 1.54) is 0 Å². The Morgan fingerprint density at radius 1 is 1.62 bits per heavy atom. The number of carbonyl (C=O) groups excluding carboxylic acids is 1. The molecule has 0 amide bonds. The summed E-state index contributed by atoms with van der Waals surface area (Å²) in [7, 11) is -2.66. The summed E-state index contributed by atoms with van der Waals surface area (Å²) in [6.45, 7) is -0.833. The maximum absolute atomic E-state index is 9.85. The summed E-state index contributed by atoms with van der Waals surface area (Å²) >= 11 is 0. The van der Waals surface area contributed by atoms with Gasteiger partial charge in [-0.2, -0.15) is 0 Å². The van der Waals surface area contributed by atoms with Crippen molar-refractivity contribution in [1.29, 1.82) is 0 Å². The molecule has 0 saturated carbocycles. The lowest BCUT2D eigenvalue weighted by Crippen LogP contribution is -2.04. The van der Waals surface area contributed by atoms with Crippen LogP contribution >= 0.6 is 8.60 Å². The molecule has 0 saturated heterocycles. The third-order valence-electron chi connectivity index (χ3n) is 0.313. The van der Waals surface area contributed by atoms with E-state index in [4.69, 9.17) is 14.9 Å². The van der Waals surface area contributed by atoms with E-state index >= 15 is 0 Å². The SMILES string of the molecule is O=C(CO)OP(O)O. The van der Waals surface area contributed by atoms with Crippen LogP contribution in [0.5, 0.6) is 0 Å². The molecule has 0 aromatic heterocycles. The number of aliphatic hydroxyl groups is 1. The molecule has 0 aromatic carbocycles. The van der Waals surface area contributed by atoms with Crippen molar-refractivity contribution in [2.75, 3.05) is 6.61 Å². The maximum atomic E-state index is 9.85. The van der Waals surface area contributed by atoms with Crippen LogP contribution in [0.15, 0.2) is 0 Å². The van der Waals surface area contributed by atoms with Crippen molar-refractivity contribution in [3.05, 3.63) is 0 Å². The largest absolute Gasteiger partial charge is 0.393 e. The lowest BCUT2D eigenvalue weighted by Gasteiger charge is -1.98. The molecule has 48 valence electrons. The highest BCUT2D eigenvalue weighted by Crippen LogP contribution is 2.23. The van der Waals surface area contributed by atoms with Gasteiger partial charge in [0.15, 0.2) is 0 Å². The summed E-state index contributed by atoms with van der Waals surface area (Å²) in [5.41, 5.74) is 0. The highest BCUT2D eigenvalue weighted by atomic mass is 31.2. The molecular formula is C2H5O5P. The van der Waals surface area contributed by atoms with Crippen LogP contribution < -0.4 is 0 Å². The first-order chi connectivity index (χ1) is 3.66. The minimum Gasteiger partial charge on any atom is -0.393 e. The van der Waals surface area contributed by atoms with E-state index in [1.807, 2.05) is 0 Å². The average Bonchev–Trinajstić information content (AvgIpc) is 1.65. The highest BCUT2D eigenvalue weighted by Gasteiger charge is 2.05. The average molecular weight is 140 g/mol. The van der Waals surface area contributed by atoms with Crippen LogP contribution in [0.2, 0.25) is 0 Å². The van der Waals surface area contributed by atoms with Crippen LogP contribution in [0.4, 0.5) is 0 Å². The molecule has 0 heterocycles. The van der Waals surface area contributed by atoms with Gasteiger partial charge < -0.3 is 19.4 Å². The van der Waals surface area contributed by atoms with Crippen LogP contribution in [-0.4, -0.2) is 27.5 Å². The van der Waals surface area contributed by atoms with Gasteiger partial charge in [-0.3, -0.25) is 0 Å². The first-order valence-electron chi connectivity index (χ1n) is 1.66. The molecule has 8 heavy (non-hydrogen) atoms. The fourth-order valence-electron chi connectivity index (χ4n) is 0.120. The lowest BCUT2D eigenvalue weighted by molar-refractivity contribution is -0.137. The Kier molecular flexibility index (Phi) is 3.64. The Bertz CT molecular complexity index is 80.5. The quantitative estimate of drug-likeness (QED) is 0.416. The lowest BCUT2D eigenvalue weighted by atomic mass is 10.8. The Morgan fingerprint density at radius 2 is 2.12 bits per heavy atom. The zero-order valence-electron chi connectivity index (χ0n) is 3.81. The first-order valence-corrected chi connectivity index (χ1v) is 2.83. The molecule has 0 bridgehead atoms. The molecular weight excluding hydrogens is 135 g/mol. The van der Waals surface area contributed by atoms with Gasteiger partial charge in [0.1, 0.15) is 6.61 Å². The summed E-state index contributed by atoms with van der Waals surface area (Å²) in [5.74, 6) is -1.04. The zero-order valence-corrected chi connectivity index (χ0v) is 4.71. The summed E-state index contributed by atoms with van der Waals surface area (Å²) in [6, 6.07) is 0. The highest BCUT2D eigenvalue weighted by molar-refractivity contribution is 7.40. The minimum absolute atomic E-state index is 0.833. The normalized spacial score (nSPS) is 9.50. The molecule has 0 unspecified atom stereocenters. The molecule has 0 fully saturated rings. The molecule has 0 aliphatic heterocycles. The number of aliphatic hydroxyl groups excluding tert-OH is 1. The van der Waals surface area contributed by atoms with Gasteiger partial charge >= 0.3 is 14.6 Å². The molecule has 0 spiro atoms. The van der Waals surface area contributed by atoms with Gasteiger partial charge in [0, 0.05) is 0 Å². The fraction of sp³-hybridized carbons (Fsp3) is 0.500. The number of rotatable bonds is 2. The van der Waals surface area contributed by atoms with E-state index < -0.39 is 21.2 Å². The monoisotopic (exact) mass is 140 g/mol. The number of carbonyl (C=O) groups is 1. The Hall–Kier alpha value is -0.220. The second kappa shape index (κ2) is 3.74. The number of hydrogen-bond acceptors (Lipinski definition) is 5. The second-order valence-corrected chi connectivity index (χ2v) is 1.56. The van der Waals surface area contributed by atoms with Crippen LogP contribution in [-0.2, 0) is 9.32 Å². The molecule has 6 heteroatoms. The van der Waals surface area contributed by atoms with Crippen molar-refractivity contribution in [1.82, 2.24) is 0 Å². The fourth-order valence-corrected chi connectivity index (χ4v) is 0.360. The molecule has 0 atom stereocenters. The predicted molar refractivity (Wildman–Crippen MR) is 24.5 cm³/mol. The topological polar surface area (TPSA) is 87.0 Å². The van der Waals surface area contributed by atoms with Crippen molar-refractivity contribution < 1.29 is 24.2 Å². The van der Waals surface area contributed by atoms with E-state index in [0.717, 1.165) is 0 Å². The molecule has 0 rings (SSSR count). The van der Waals surface area contributed by atoms with E-state index in [0.29, 0.717) is 0 Å². The third kappa shape index (κ3) is 3.95. The van der Waals surface area contributed by atoms with Crippen molar-refractivity contribution in [3.63, 3.8) is 0 Å². The second-order valence-electron chi connectivity index (χ2n) is 0.874. The number of hydrogen-bond donors (Lipinski definition) is 3. The molecule has 0 aliphatic rings.